The number of carbonyl (C=O) groups is 3. The monoisotopic (exact) mass is 531 g/mol. The van der Waals surface area contributed by atoms with E-state index >= 15 is 8.78 Å². The van der Waals surface area contributed by atoms with Crippen molar-refractivity contribution in [1.82, 2.24) is 4.90 Å². The van der Waals surface area contributed by atoms with E-state index in [0.717, 1.165) is 6.08 Å². The average molecular weight is 532 g/mol. The van der Waals surface area contributed by atoms with Crippen LogP contribution in [-0.4, -0.2) is 70.2 Å². The molecule has 0 radical (unpaired) electrons. The Morgan fingerprint density at radius 3 is 2.68 bits per heavy atom. The van der Waals surface area contributed by atoms with Gasteiger partial charge in [0.1, 0.15) is 12.8 Å². The molecule has 0 unspecified atom stereocenters. The van der Waals surface area contributed by atoms with Crippen LogP contribution in [0.4, 0.5) is 8.78 Å². The topological polar surface area (TPSA) is 94.9 Å². The second-order valence-electron chi connectivity index (χ2n) is 12.0. The summed E-state index contributed by atoms with van der Waals surface area (Å²) in [5.74, 6) is -2.68. The SMILES string of the molecule is C[C@]12C=CC(=O)C=C1[C@@H](F)C[C@H]1[C@@H]3C[C@H]4CN(C(=O)c5cccs5)C[C@@]4(C(=O)CO)[C@@]3(C)C[C@H](O)[C@@]12F. The second-order valence-corrected chi connectivity index (χ2v) is 13.0. The van der Waals surface area contributed by atoms with Crippen LogP contribution in [0.3, 0.4) is 0 Å². The van der Waals surface area contributed by atoms with Gasteiger partial charge in [-0.2, -0.15) is 0 Å². The van der Waals surface area contributed by atoms with Crippen LogP contribution in [0.15, 0.2) is 41.3 Å². The molecule has 1 aromatic rings. The van der Waals surface area contributed by atoms with E-state index in [1.54, 1.807) is 24.0 Å². The summed E-state index contributed by atoms with van der Waals surface area (Å²) >= 11 is 1.31. The number of ketones is 2. The lowest BCUT2D eigenvalue weighted by molar-refractivity contribution is -0.211. The number of amides is 1. The summed E-state index contributed by atoms with van der Waals surface area (Å²) in [4.78, 5) is 41.0. The highest BCUT2D eigenvalue weighted by atomic mass is 32.1. The number of thiophene rings is 1. The van der Waals surface area contributed by atoms with Gasteiger partial charge in [-0.05, 0) is 72.6 Å². The zero-order valence-corrected chi connectivity index (χ0v) is 21.6. The summed E-state index contributed by atoms with van der Waals surface area (Å²) in [6, 6.07) is 3.51. The fourth-order valence-corrected chi connectivity index (χ4v) is 9.82. The van der Waals surface area contributed by atoms with Crippen molar-refractivity contribution in [3.8, 4) is 0 Å². The van der Waals surface area contributed by atoms with Gasteiger partial charge in [-0.25, -0.2) is 8.78 Å². The third kappa shape index (κ3) is 2.88. The standard InChI is InChI=1S/C28H31F2NO5S/c1-25-6-5-16(33)9-19(25)20(29)10-18-17-8-15-12-31(24(36)21-4-3-7-37-21)14-27(15,23(35)13-32)26(17,2)11-22(34)28(18,25)30/h3-7,9,15,17-18,20,22,32,34H,8,10-14H2,1-2H3/t15-,17-,18-,20-,22-,25-,26-,27+,28-/m0/s1. The Bertz CT molecular complexity index is 1250. The predicted octanol–water partition coefficient (Wildman–Crippen LogP) is 3.30. The van der Waals surface area contributed by atoms with Gasteiger partial charge in [0.25, 0.3) is 5.91 Å². The van der Waals surface area contributed by atoms with Crippen LogP contribution in [0.1, 0.15) is 42.8 Å². The molecule has 4 aliphatic carbocycles. The molecule has 198 valence electrons. The first-order valence-electron chi connectivity index (χ1n) is 12.9. The summed E-state index contributed by atoms with van der Waals surface area (Å²) in [6.45, 7) is 3.05. The van der Waals surface area contributed by atoms with E-state index in [9.17, 15) is 24.6 Å². The van der Waals surface area contributed by atoms with Crippen LogP contribution in [0.2, 0.25) is 0 Å². The maximum atomic E-state index is 17.4. The molecule has 2 N–H and O–H groups in total. The Morgan fingerprint density at radius 1 is 1.24 bits per heavy atom. The number of aliphatic hydroxyl groups is 2. The fraction of sp³-hybridized carbons (Fsp3) is 0.607. The summed E-state index contributed by atoms with van der Waals surface area (Å²) in [6.07, 6.45) is 0.877. The Kier molecular flexibility index (Phi) is 5.35. The fourth-order valence-electron chi connectivity index (χ4n) is 9.13. The van der Waals surface area contributed by atoms with Gasteiger partial charge in [0, 0.05) is 24.4 Å². The van der Waals surface area contributed by atoms with E-state index in [0.29, 0.717) is 11.3 Å². The van der Waals surface area contributed by atoms with Crippen LogP contribution < -0.4 is 0 Å². The Balaban J connectivity index is 1.43. The van der Waals surface area contributed by atoms with E-state index in [1.165, 1.54) is 23.5 Å². The Hall–Kier alpha value is -2.23. The smallest absolute Gasteiger partial charge is 0.263 e. The van der Waals surface area contributed by atoms with Gasteiger partial charge in [-0.1, -0.05) is 19.1 Å². The van der Waals surface area contributed by atoms with Crippen molar-refractivity contribution < 1.29 is 33.4 Å². The van der Waals surface area contributed by atoms with E-state index in [1.807, 2.05) is 12.3 Å². The number of hydrogen-bond donors (Lipinski definition) is 2. The maximum Gasteiger partial charge on any atom is 0.263 e. The predicted molar refractivity (Wildman–Crippen MR) is 132 cm³/mol. The number of halogens is 2. The molecular formula is C28H31F2NO5S. The molecule has 2 heterocycles. The summed E-state index contributed by atoms with van der Waals surface area (Å²) in [5, 5.41) is 23.4. The minimum absolute atomic E-state index is 0.0600. The van der Waals surface area contributed by atoms with Crippen LogP contribution in [-0.2, 0) is 9.59 Å². The molecule has 9 heteroatoms. The van der Waals surface area contributed by atoms with Crippen LogP contribution >= 0.6 is 11.3 Å². The van der Waals surface area contributed by atoms with E-state index in [-0.39, 0.29) is 43.3 Å². The Morgan fingerprint density at radius 2 is 2.00 bits per heavy atom. The number of rotatable bonds is 3. The first-order chi connectivity index (χ1) is 17.4. The Labute approximate surface area is 218 Å². The highest BCUT2D eigenvalue weighted by molar-refractivity contribution is 7.12. The van der Waals surface area contributed by atoms with E-state index < -0.39 is 64.2 Å². The molecule has 3 saturated carbocycles. The number of allylic oxidation sites excluding steroid dienone is 4. The van der Waals surface area contributed by atoms with Gasteiger partial charge in [0.15, 0.2) is 17.2 Å². The van der Waals surface area contributed by atoms with Crippen molar-refractivity contribution in [2.45, 2.75) is 51.1 Å². The molecule has 6 rings (SSSR count). The minimum Gasteiger partial charge on any atom is -0.390 e. The molecule has 6 nitrogen and oxygen atoms in total. The summed E-state index contributed by atoms with van der Waals surface area (Å²) < 4.78 is 33.1. The molecule has 0 spiro atoms. The van der Waals surface area contributed by atoms with Gasteiger partial charge in [0.2, 0.25) is 0 Å². The number of Topliss-reactive ketones (excluding diaryl/α,β-unsaturated/α-hetero) is 1. The second kappa shape index (κ2) is 7.90. The molecule has 9 atom stereocenters. The van der Waals surface area contributed by atoms with E-state index in [2.05, 4.69) is 0 Å². The third-order valence-electron chi connectivity index (χ3n) is 10.8. The van der Waals surface area contributed by atoms with Gasteiger partial charge in [0.05, 0.1) is 16.4 Å². The van der Waals surface area contributed by atoms with Crippen molar-refractivity contribution >= 4 is 28.8 Å². The first-order valence-corrected chi connectivity index (χ1v) is 13.7. The number of hydrogen-bond acceptors (Lipinski definition) is 6. The van der Waals surface area contributed by atoms with Crippen molar-refractivity contribution in [3.05, 3.63) is 46.2 Å². The first kappa shape index (κ1) is 25.1. The van der Waals surface area contributed by atoms with Crippen molar-refractivity contribution in [3.63, 3.8) is 0 Å². The van der Waals surface area contributed by atoms with Crippen molar-refractivity contribution in [2.24, 2.45) is 34.0 Å². The number of aliphatic hydroxyl groups excluding tert-OH is 2. The maximum absolute atomic E-state index is 17.4. The van der Waals surface area contributed by atoms with Gasteiger partial charge in [-0.15, -0.1) is 11.3 Å². The van der Waals surface area contributed by atoms with Gasteiger partial charge < -0.3 is 15.1 Å². The number of carbonyl (C=O) groups excluding carboxylic acids is 3. The molecule has 1 aromatic heterocycles. The van der Waals surface area contributed by atoms with E-state index in [4.69, 9.17) is 0 Å². The normalized spacial score (nSPS) is 46.1. The average Bonchev–Trinajstić information content (AvgIpc) is 3.58. The van der Waals surface area contributed by atoms with Gasteiger partial charge in [-0.3, -0.25) is 14.4 Å². The molecule has 37 heavy (non-hydrogen) atoms. The molecule has 0 bridgehead atoms. The lowest BCUT2D eigenvalue weighted by atomic mass is 9.43. The molecule has 4 fully saturated rings. The molecular weight excluding hydrogens is 500 g/mol. The number of likely N-dealkylation sites (tertiary alicyclic amines) is 1. The zero-order chi connectivity index (χ0) is 26.5. The minimum atomic E-state index is -2.22. The summed E-state index contributed by atoms with van der Waals surface area (Å²) in [5.41, 5.74) is -5.77. The number of nitrogens with zero attached hydrogens (tertiary/aromatic N) is 1. The molecule has 1 saturated heterocycles. The zero-order valence-electron chi connectivity index (χ0n) is 20.8. The summed E-state index contributed by atoms with van der Waals surface area (Å²) in [7, 11) is 0. The molecule has 5 aliphatic rings. The van der Waals surface area contributed by atoms with Crippen molar-refractivity contribution in [2.75, 3.05) is 19.7 Å². The number of fused-ring (bicyclic) bond motifs is 7. The molecule has 1 aliphatic heterocycles. The highest BCUT2D eigenvalue weighted by Gasteiger charge is 2.78. The van der Waals surface area contributed by atoms with Crippen molar-refractivity contribution in [1.29, 1.82) is 0 Å². The lowest BCUT2D eigenvalue weighted by Crippen LogP contribution is -2.69. The van der Waals surface area contributed by atoms with Gasteiger partial charge >= 0.3 is 0 Å². The highest BCUT2D eigenvalue weighted by Crippen LogP contribution is 2.74. The van der Waals surface area contributed by atoms with Crippen LogP contribution in [0.25, 0.3) is 0 Å². The molecule has 1 amide bonds. The molecule has 0 aromatic carbocycles. The van der Waals surface area contributed by atoms with Crippen LogP contribution in [0.5, 0.6) is 0 Å². The number of alkyl halides is 2. The lowest BCUT2D eigenvalue weighted by Gasteiger charge is -2.63. The van der Waals surface area contributed by atoms with Crippen LogP contribution in [0, 0.1) is 34.0 Å². The quantitative estimate of drug-likeness (QED) is 0.624. The third-order valence-corrected chi connectivity index (χ3v) is 11.7. The largest absolute Gasteiger partial charge is 0.390 e.